The van der Waals surface area contributed by atoms with Gasteiger partial charge >= 0.3 is 5.97 Å². The molecule has 0 aliphatic carbocycles. The number of hydrogen-bond acceptors (Lipinski definition) is 5. The first-order chi connectivity index (χ1) is 9.99. The lowest BCUT2D eigenvalue weighted by Gasteiger charge is -2.12. The Balaban J connectivity index is 2.20. The highest BCUT2D eigenvalue weighted by Gasteiger charge is 2.20. The smallest absolute Gasteiger partial charge is 0.318 e. The molecule has 2 aromatic carbocycles. The van der Waals surface area contributed by atoms with Crippen molar-refractivity contribution in [1.29, 1.82) is 0 Å². The van der Waals surface area contributed by atoms with E-state index in [0.717, 1.165) is 23.8 Å². The molecule has 0 heterocycles. The molecule has 6 nitrogen and oxygen atoms in total. The average molecular weight is 287 g/mol. The molecule has 0 aliphatic heterocycles. The van der Waals surface area contributed by atoms with Crippen LogP contribution in [0, 0.1) is 10.1 Å². The largest absolute Gasteiger partial charge is 0.504 e. The minimum Gasteiger partial charge on any atom is -0.504 e. The summed E-state index contributed by atoms with van der Waals surface area (Å²) < 4.78 is 5.06. The normalized spacial score (nSPS) is 11.7. The van der Waals surface area contributed by atoms with E-state index in [4.69, 9.17) is 4.74 Å². The Morgan fingerprint density at radius 3 is 2.52 bits per heavy atom. The van der Waals surface area contributed by atoms with Crippen LogP contribution in [0.1, 0.15) is 18.4 Å². The summed E-state index contributed by atoms with van der Waals surface area (Å²) in [5, 5.41) is 20.3. The highest BCUT2D eigenvalue weighted by Crippen LogP contribution is 2.31. The molecule has 0 bridgehead atoms. The third kappa shape index (κ3) is 3.36. The zero-order valence-electron chi connectivity index (χ0n) is 11.2. The summed E-state index contributed by atoms with van der Waals surface area (Å²) in [6, 6.07) is 12.2. The maximum Gasteiger partial charge on any atom is 0.318 e. The number of carbonyl (C=O) groups excluding carboxylic acids is 1. The molecule has 0 fully saturated rings. The summed E-state index contributed by atoms with van der Waals surface area (Å²) in [6.45, 7) is 1.66. The number of nitro benzene ring substituents is 1. The predicted octanol–water partition coefficient (Wildman–Crippen LogP) is 3.01. The van der Waals surface area contributed by atoms with Crippen molar-refractivity contribution in [2.24, 2.45) is 0 Å². The Kier molecular flexibility index (Phi) is 4.18. The molecule has 108 valence electrons. The number of nitrogens with zero attached hydrogens (tertiary/aromatic N) is 1. The molecule has 21 heavy (non-hydrogen) atoms. The fourth-order valence-electron chi connectivity index (χ4n) is 1.77. The Bertz CT molecular complexity index is 669. The first kappa shape index (κ1) is 14.5. The minimum absolute atomic E-state index is 0.225. The monoisotopic (exact) mass is 287 g/mol. The van der Waals surface area contributed by atoms with Crippen molar-refractivity contribution >= 4 is 11.7 Å². The topological polar surface area (TPSA) is 89.7 Å². The van der Waals surface area contributed by atoms with E-state index in [2.05, 4.69) is 0 Å². The van der Waals surface area contributed by atoms with E-state index in [0.29, 0.717) is 0 Å². The number of ether oxygens (including phenoxy) is 1. The van der Waals surface area contributed by atoms with Gasteiger partial charge in [-0.2, -0.15) is 0 Å². The molecule has 0 spiro atoms. The van der Waals surface area contributed by atoms with Crippen molar-refractivity contribution in [3.63, 3.8) is 0 Å². The van der Waals surface area contributed by atoms with E-state index in [1.165, 1.54) is 0 Å². The molecule has 2 aromatic rings. The first-order valence-electron chi connectivity index (χ1n) is 6.23. The standard InChI is InChI=1S/C15H13NO5/c1-10(11-5-3-2-4-6-11)15(18)21-14-9-12(16(19)20)7-8-13(14)17/h2-10,17H,1H3. The van der Waals surface area contributed by atoms with E-state index in [1.54, 1.807) is 31.2 Å². The Hall–Kier alpha value is -2.89. The Morgan fingerprint density at radius 2 is 1.90 bits per heavy atom. The van der Waals surface area contributed by atoms with Crippen LogP contribution in [0.15, 0.2) is 48.5 Å². The van der Waals surface area contributed by atoms with Gasteiger partial charge in [0.05, 0.1) is 16.9 Å². The molecule has 0 aromatic heterocycles. The molecule has 0 radical (unpaired) electrons. The number of benzene rings is 2. The highest BCUT2D eigenvalue weighted by atomic mass is 16.6. The summed E-state index contributed by atoms with van der Waals surface area (Å²) in [4.78, 5) is 22.1. The van der Waals surface area contributed by atoms with E-state index in [1.807, 2.05) is 6.07 Å². The van der Waals surface area contributed by atoms with Crippen LogP contribution in [0.2, 0.25) is 0 Å². The lowest BCUT2D eigenvalue weighted by Crippen LogP contribution is -2.16. The molecule has 1 unspecified atom stereocenters. The van der Waals surface area contributed by atoms with Gasteiger partial charge in [-0.25, -0.2) is 0 Å². The molecule has 1 atom stereocenters. The van der Waals surface area contributed by atoms with Gasteiger partial charge < -0.3 is 9.84 Å². The first-order valence-corrected chi connectivity index (χ1v) is 6.23. The third-order valence-electron chi connectivity index (χ3n) is 3.02. The lowest BCUT2D eigenvalue weighted by molar-refractivity contribution is -0.384. The quantitative estimate of drug-likeness (QED) is 0.404. The molecule has 6 heteroatoms. The lowest BCUT2D eigenvalue weighted by atomic mass is 10.0. The minimum atomic E-state index is -0.628. The summed E-state index contributed by atoms with van der Waals surface area (Å²) in [7, 11) is 0. The number of hydrogen-bond donors (Lipinski definition) is 1. The predicted molar refractivity (Wildman–Crippen MR) is 75.3 cm³/mol. The number of phenolic OH excluding ortho intramolecular Hbond substituents is 1. The number of phenols is 1. The average Bonchev–Trinajstić information content (AvgIpc) is 2.49. The van der Waals surface area contributed by atoms with Gasteiger partial charge in [0.1, 0.15) is 0 Å². The van der Waals surface area contributed by atoms with Gasteiger partial charge in [0.2, 0.25) is 0 Å². The number of carbonyl (C=O) groups is 1. The van der Waals surface area contributed by atoms with Crippen LogP contribution in [-0.4, -0.2) is 16.0 Å². The summed E-state index contributed by atoms with van der Waals surface area (Å²) in [6.07, 6.45) is 0. The van der Waals surface area contributed by atoms with E-state index in [-0.39, 0.29) is 17.2 Å². The van der Waals surface area contributed by atoms with Crippen molar-refractivity contribution in [3.8, 4) is 11.5 Å². The van der Waals surface area contributed by atoms with Crippen LogP contribution >= 0.6 is 0 Å². The molecule has 0 amide bonds. The molecular formula is C15H13NO5. The second kappa shape index (κ2) is 6.04. The van der Waals surface area contributed by atoms with Crippen LogP contribution in [0.25, 0.3) is 0 Å². The molecule has 0 saturated carbocycles. The van der Waals surface area contributed by atoms with Crippen LogP contribution in [-0.2, 0) is 4.79 Å². The van der Waals surface area contributed by atoms with Crippen LogP contribution in [0.3, 0.4) is 0 Å². The number of nitro groups is 1. The Labute approximate surface area is 120 Å². The van der Waals surface area contributed by atoms with Crippen molar-refractivity contribution in [3.05, 3.63) is 64.2 Å². The van der Waals surface area contributed by atoms with Gasteiger partial charge in [0.15, 0.2) is 11.5 Å². The summed E-state index contributed by atoms with van der Waals surface area (Å²) >= 11 is 0. The molecule has 0 saturated heterocycles. The zero-order chi connectivity index (χ0) is 15.4. The van der Waals surface area contributed by atoms with Crippen molar-refractivity contribution < 1.29 is 19.6 Å². The van der Waals surface area contributed by atoms with Gasteiger partial charge in [-0.05, 0) is 18.6 Å². The van der Waals surface area contributed by atoms with Crippen molar-refractivity contribution in [2.75, 3.05) is 0 Å². The number of esters is 1. The zero-order valence-corrected chi connectivity index (χ0v) is 11.2. The molecule has 1 N–H and O–H groups in total. The molecule has 0 aliphatic rings. The van der Waals surface area contributed by atoms with E-state index in [9.17, 15) is 20.0 Å². The van der Waals surface area contributed by atoms with Gasteiger partial charge in [0, 0.05) is 6.07 Å². The molecule has 2 rings (SSSR count). The third-order valence-corrected chi connectivity index (χ3v) is 3.02. The summed E-state index contributed by atoms with van der Waals surface area (Å²) in [5.74, 6) is -1.70. The van der Waals surface area contributed by atoms with Gasteiger partial charge in [-0.3, -0.25) is 14.9 Å². The van der Waals surface area contributed by atoms with Gasteiger partial charge in [0.25, 0.3) is 5.69 Å². The number of non-ortho nitro benzene ring substituents is 1. The second-order valence-electron chi connectivity index (χ2n) is 4.46. The fourth-order valence-corrected chi connectivity index (χ4v) is 1.77. The van der Waals surface area contributed by atoms with Crippen molar-refractivity contribution in [2.45, 2.75) is 12.8 Å². The van der Waals surface area contributed by atoms with Crippen LogP contribution < -0.4 is 4.74 Å². The second-order valence-corrected chi connectivity index (χ2v) is 4.46. The van der Waals surface area contributed by atoms with Gasteiger partial charge in [-0.1, -0.05) is 30.3 Å². The SMILES string of the molecule is CC(C(=O)Oc1cc([N+](=O)[O-])ccc1O)c1ccccc1. The van der Waals surface area contributed by atoms with Crippen LogP contribution in [0.4, 0.5) is 5.69 Å². The summed E-state index contributed by atoms with van der Waals surface area (Å²) in [5.41, 5.74) is 0.496. The number of rotatable bonds is 4. The van der Waals surface area contributed by atoms with Gasteiger partial charge in [-0.15, -0.1) is 0 Å². The highest BCUT2D eigenvalue weighted by molar-refractivity contribution is 5.80. The maximum absolute atomic E-state index is 12.0. The van der Waals surface area contributed by atoms with E-state index >= 15 is 0 Å². The van der Waals surface area contributed by atoms with Crippen LogP contribution in [0.5, 0.6) is 11.5 Å². The number of aromatic hydroxyl groups is 1. The fraction of sp³-hybridized carbons (Fsp3) is 0.133. The Morgan fingerprint density at radius 1 is 1.24 bits per heavy atom. The molecular weight excluding hydrogens is 274 g/mol. The van der Waals surface area contributed by atoms with Crippen molar-refractivity contribution in [1.82, 2.24) is 0 Å². The van der Waals surface area contributed by atoms with E-state index < -0.39 is 16.8 Å². The maximum atomic E-state index is 12.0.